The van der Waals surface area contributed by atoms with E-state index in [1.807, 2.05) is 12.1 Å². The van der Waals surface area contributed by atoms with Crippen LogP contribution < -0.4 is 4.74 Å². The van der Waals surface area contributed by atoms with E-state index in [2.05, 4.69) is 46.9 Å². The Bertz CT molecular complexity index is 609. The van der Waals surface area contributed by atoms with Gasteiger partial charge in [-0.1, -0.05) is 20.8 Å². The van der Waals surface area contributed by atoms with Crippen LogP contribution in [0.2, 0.25) is 0 Å². The Balaban J connectivity index is 1.48. The maximum Gasteiger partial charge on any atom is 0.137 e. The standard InChI is InChI=1S/C18H26N4O/c1-18(2,3)17-11-14(20-21-17)13-22-9-6-15(7-10-22)23-16-5-4-8-19-12-16/h4-5,8,11-12,15H,6-7,9-10,13H2,1-3H3,(H,20,21). The van der Waals surface area contributed by atoms with Gasteiger partial charge in [-0.3, -0.25) is 15.0 Å². The number of pyridine rings is 1. The molecular formula is C18H26N4O. The lowest BCUT2D eigenvalue weighted by Gasteiger charge is -2.31. The van der Waals surface area contributed by atoms with Crippen LogP contribution in [0.4, 0.5) is 0 Å². The number of rotatable bonds is 4. The van der Waals surface area contributed by atoms with E-state index < -0.39 is 0 Å². The number of ether oxygens (including phenoxy) is 1. The molecule has 0 aliphatic carbocycles. The molecular weight excluding hydrogens is 288 g/mol. The minimum absolute atomic E-state index is 0.0965. The van der Waals surface area contributed by atoms with E-state index in [1.165, 1.54) is 5.69 Å². The smallest absolute Gasteiger partial charge is 0.137 e. The molecule has 1 aliphatic heterocycles. The summed E-state index contributed by atoms with van der Waals surface area (Å²) in [6.07, 6.45) is 5.95. The predicted molar refractivity (Wildman–Crippen MR) is 90.5 cm³/mol. The average Bonchev–Trinajstić information content (AvgIpc) is 2.99. The Morgan fingerprint density at radius 3 is 2.70 bits per heavy atom. The van der Waals surface area contributed by atoms with E-state index in [9.17, 15) is 0 Å². The van der Waals surface area contributed by atoms with Crippen LogP contribution in [0, 0.1) is 0 Å². The van der Waals surface area contributed by atoms with Gasteiger partial charge in [0.15, 0.2) is 0 Å². The molecule has 0 aromatic carbocycles. The number of aromatic nitrogens is 3. The van der Waals surface area contributed by atoms with Crippen LogP contribution in [0.5, 0.6) is 5.75 Å². The Morgan fingerprint density at radius 2 is 2.09 bits per heavy atom. The highest BCUT2D eigenvalue weighted by Crippen LogP contribution is 2.22. The van der Waals surface area contributed by atoms with Crippen LogP contribution in [0.1, 0.15) is 45.0 Å². The highest BCUT2D eigenvalue weighted by Gasteiger charge is 2.22. The number of hydrogen-bond acceptors (Lipinski definition) is 4. The maximum atomic E-state index is 5.99. The molecule has 3 rings (SSSR count). The molecule has 0 radical (unpaired) electrons. The summed E-state index contributed by atoms with van der Waals surface area (Å²) >= 11 is 0. The first-order valence-corrected chi connectivity index (χ1v) is 8.34. The van der Waals surface area contributed by atoms with Crippen LogP contribution in [-0.2, 0) is 12.0 Å². The minimum atomic E-state index is 0.0965. The average molecular weight is 314 g/mol. The highest BCUT2D eigenvalue weighted by molar-refractivity contribution is 5.17. The number of H-pyrrole nitrogens is 1. The fourth-order valence-electron chi connectivity index (χ4n) is 2.86. The summed E-state index contributed by atoms with van der Waals surface area (Å²) in [4.78, 5) is 6.56. The SMILES string of the molecule is CC(C)(C)c1cc(CN2CCC(Oc3cccnc3)CC2)[nH]n1. The van der Waals surface area contributed by atoms with E-state index >= 15 is 0 Å². The van der Waals surface area contributed by atoms with Crippen LogP contribution in [0.3, 0.4) is 0 Å². The summed E-state index contributed by atoms with van der Waals surface area (Å²) in [7, 11) is 0. The molecule has 0 unspecified atom stereocenters. The van der Waals surface area contributed by atoms with Gasteiger partial charge >= 0.3 is 0 Å². The normalized spacial score (nSPS) is 17.3. The fourth-order valence-corrected chi connectivity index (χ4v) is 2.86. The van der Waals surface area contributed by atoms with E-state index in [4.69, 9.17) is 4.74 Å². The van der Waals surface area contributed by atoms with Gasteiger partial charge in [-0.05, 0) is 31.0 Å². The number of nitrogens with zero attached hydrogens (tertiary/aromatic N) is 3. The molecule has 1 N–H and O–H groups in total. The van der Waals surface area contributed by atoms with Crippen molar-refractivity contribution in [2.45, 2.75) is 51.7 Å². The molecule has 1 fully saturated rings. The zero-order valence-corrected chi connectivity index (χ0v) is 14.2. The highest BCUT2D eigenvalue weighted by atomic mass is 16.5. The molecule has 2 aromatic rings. The van der Waals surface area contributed by atoms with Gasteiger partial charge in [0.25, 0.3) is 0 Å². The lowest BCUT2D eigenvalue weighted by Crippen LogP contribution is -2.37. The summed E-state index contributed by atoms with van der Waals surface area (Å²) in [6.45, 7) is 9.60. The first-order valence-electron chi connectivity index (χ1n) is 8.34. The van der Waals surface area contributed by atoms with Crippen molar-refractivity contribution in [3.63, 3.8) is 0 Å². The predicted octanol–water partition coefficient (Wildman–Crippen LogP) is 3.15. The van der Waals surface area contributed by atoms with Gasteiger partial charge in [-0.25, -0.2) is 0 Å². The van der Waals surface area contributed by atoms with Crippen LogP contribution in [0.15, 0.2) is 30.6 Å². The van der Waals surface area contributed by atoms with Gasteiger partial charge in [0.2, 0.25) is 0 Å². The van der Waals surface area contributed by atoms with E-state index in [-0.39, 0.29) is 5.41 Å². The number of likely N-dealkylation sites (tertiary alicyclic amines) is 1. The van der Waals surface area contributed by atoms with Crippen molar-refractivity contribution in [2.75, 3.05) is 13.1 Å². The zero-order chi connectivity index (χ0) is 16.3. The number of nitrogens with one attached hydrogen (secondary N) is 1. The molecule has 0 atom stereocenters. The number of hydrogen-bond donors (Lipinski definition) is 1. The van der Waals surface area contributed by atoms with Gasteiger partial charge in [-0.2, -0.15) is 5.10 Å². The van der Waals surface area contributed by atoms with E-state index in [0.29, 0.717) is 6.10 Å². The lowest BCUT2D eigenvalue weighted by molar-refractivity contribution is 0.0958. The molecule has 124 valence electrons. The Morgan fingerprint density at radius 1 is 1.30 bits per heavy atom. The Hall–Kier alpha value is -1.88. The summed E-state index contributed by atoms with van der Waals surface area (Å²) in [5, 5.41) is 7.62. The van der Waals surface area contributed by atoms with Crippen molar-refractivity contribution >= 4 is 0 Å². The van der Waals surface area contributed by atoms with Crippen LogP contribution in [-0.4, -0.2) is 39.3 Å². The molecule has 5 heteroatoms. The Kier molecular flexibility index (Phi) is 4.66. The largest absolute Gasteiger partial charge is 0.489 e. The van der Waals surface area contributed by atoms with Gasteiger partial charge < -0.3 is 4.74 Å². The van der Waals surface area contributed by atoms with Gasteiger partial charge in [0.1, 0.15) is 11.9 Å². The molecule has 1 aliphatic rings. The maximum absolute atomic E-state index is 5.99. The van der Waals surface area contributed by atoms with Crippen molar-refractivity contribution in [2.24, 2.45) is 0 Å². The lowest BCUT2D eigenvalue weighted by atomic mass is 9.92. The van der Waals surface area contributed by atoms with Crippen molar-refractivity contribution in [3.05, 3.63) is 42.0 Å². The van der Waals surface area contributed by atoms with Crippen molar-refractivity contribution in [3.8, 4) is 5.75 Å². The second-order valence-corrected chi connectivity index (χ2v) is 7.31. The third-order valence-corrected chi connectivity index (χ3v) is 4.27. The van der Waals surface area contributed by atoms with Crippen molar-refractivity contribution in [1.29, 1.82) is 0 Å². The monoisotopic (exact) mass is 314 g/mol. The third-order valence-electron chi connectivity index (χ3n) is 4.27. The molecule has 0 bridgehead atoms. The second kappa shape index (κ2) is 6.71. The summed E-state index contributed by atoms with van der Waals surface area (Å²) in [6, 6.07) is 6.08. The summed E-state index contributed by atoms with van der Waals surface area (Å²) < 4.78 is 5.99. The molecule has 0 saturated carbocycles. The van der Waals surface area contributed by atoms with Gasteiger partial charge in [0.05, 0.1) is 11.9 Å². The second-order valence-electron chi connectivity index (χ2n) is 7.31. The minimum Gasteiger partial charge on any atom is -0.489 e. The fraction of sp³-hybridized carbons (Fsp3) is 0.556. The molecule has 23 heavy (non-hydrogen) atoms. The van der Waals surface area contributed by atoms with Gasteiger partial charge in [-0.15, -0.1) is 0 Å². The first-order chi connectivity index (χ1) is 11.0. The summed E-state index contributed by atoms with van der Waals surface area (Å²) in [5.74, 6) is 0.870. The molecule has 0 spiro atoms. The number of piperidine rings is 1. The summed E-state index contributed by atoms with van der Waals surface area (Å²) in [5.41, 5.74) is 2.42. The van der Waals surface area contributed by atoms with Crippen LogP contribution >= 0.6 is 0 Å². The van der Waals surface area contributed by atoms with E-state index in [1.54, 1.807) is 12.4 Å². The van der Waals surface area contributed by atoms with Gasteiger partial charge in [0, 0.05) is 36.9 Å². The van der Waals surface area contributed by atoms with E-state index in [0.717, 1.165) is 43.9 Å². The molecule has 5 nitrogen and oxygen atoms in total. The van der Waals surface area contributed by atoms with Crippen molar-refractivity contribution in [1.82, 2.24) is 20.1 Å². The quantitative estimate of drug-likeness (QED) is 0.942. The molecule has 0 amide bonds. The molecule has 1 saturated heterocycles. The zero-order valence-electron chi connectivity index (χ0n) is 14.2. The molecule has 2 aromatic heterocycles. The van der Waals surface area contributed by atoms with Crippen LogP contribution in [0.25, 0.3) is 0 Å². The Labute approximate surface area is 138 Å². The van der Waals surface area contributed by atoms with Crippen molar-refractivity contribution < 1.29 is 4.74 Å². The first kappa shape index (κ1) is 16.0. The number of aromatic amines is 1. The molecule has 3 heterocycles. The third kappa shape index (κ3) is 4.32. The topological polar surface area (TPSA) is 54.0 Å².